The first-order valence-electron chi connectivity index (χ1n) is 10.7. The quantitative estimate of drug-likeness (QED) is 0.854. The van der Waals surface area contributed by atoms with Crippen molar-refractivity contribution in [3.8, 4) is 0 Å². The number of rotatable bonds is 5. The molecule has 1 fully saturated rings. The van der Waals surface area contributed by atoms with E-state index in [4.69, 9.17) is 0 Å². The van der Waals surface area contributed by atoms with Crippen LogP contribution in [0.2, 0.25) is 0 Å². The number of hydrogen-bond donors (Lipinski definition) is 1. The molecule has 140 valence electrons. The van der Waals surface area contributed by atoms with Gasteiger partial charge >= 0.3 is 0 Å². The van der Waals surface area contributed by atoms with Crippen molar-refractivity contribution in [3.63, 3.8) is 0 Å². The topological polar surface area (TPSA) is 7.68 Å². The van der Waals surface area contributed by atoms with Crippen LogP contribution < -0.4 is 4.90 Å². The highest BCUT2D eigenvalue weighted by molar-refractivity contribution is 5.37. The second-order valence-electron chi connectivity index (χ2n) is 8.77. The van der Waals surface area contributed by atoms with Crippen LogP contribution in [0.5, 0.6) is 0 Å². The number of nitrogens with zero attached hydrogens (tertiary/aromatic N) is 1. The maximum absolute atomic E-state index is 2.79. The molecule has 0 unspecified atom stereocenters. The van der Waals surface area contributed by atoms with E-state index < -0.39 is 0 Å². The molecule has 1 heterocycles. The van der Waals surface area contributed by atoms with E-state index in [9.17, 15) is 0 Å². The first-order valence-corrected chi connectivity index (χ1v) is 10.7. The van der Waals surface area contributed by atoms with Gasteiger partial charge in [0.25, 0.3) is 0 Å². The molecule has 0 spiro atoms. The maximum atomic E-state index is 2.79. The molecule has 1 saturated heterocycles. The Morgan fingerprint density at radius 2 is 1.65 bits per heavy atom. The van der Waals surface area contributed by atoms with Gasteiger partial charge in [0.05, 0.1) is 20.1 Å². The molecule has 0 amide bonds. The average molecular weight is 352 g/mol. The van der Waals surface area contributed by atoms with Gasteiger partial charge in [0.1, 0.15) is 0 Å². The van der Waals surface area contributed by atoms with Crippen molar-refractivity contribution >= 4 is 0 Å². The highest BCUT2D eigenvalue weighted by Gasteiger charge is 2.30. The first kappa shape index (κ1) is 17.9. The van der Waals surface area contributed by atoms with E-state index in [-0.39, 0.29) is 0 Å². The summed E-state index contributed by atoms with van der Waals surface area (Å²) in [6, 6.07) is 9.74. The molecule has 0 atom stereocenters. The molecule has 2 heteroatoms. The van der Waals surface area contributed by atoms with Crippen molar-refractivity contribution in [2.45, 2.75) is 57.9 Å². The van der Waals surface area contributed by atoms with Crippen LogP contribution in [-0.4, -0.2) is 37.6 Å². The molecule has 1 aromatic rings. The summed E-state index contributed by atoms with van der Waals surface area (Å²) in [7, 11) is 2.35. The van der Waals surface area contributed by atoms with E-state index in [1.54, 1.807) is 16.0 Å². The third-order valence-corrected chi connectivity index (χ3v) is 6.88. The Bertz CT molecular complexity index is 654. The summed E-state index contributed by atoms with van der Waals surface area (Å²) in [5, 5.41) is 0. The van der Waals surface area contributed by atoms with Crippen LogP contribution in [0.3, 0.4) is 0 Å². The molecule has 26 heavy (non-hydrogen) atoms. The second kappa shape index (κ2) is 8.00. The fraction of sp³-hybridized carbons (Fsp3) is 0.583. The second-order valence-corrected chi connectivity index (χ2v) is 8.77. The highest BCUT2D eigenvalue weighted by Crippen LogP contribution is 2.32. The fourth-order valence-corrected chi connectivity index (χ4v) is 5.17. The van der Waals surface area contributed by atoms with Gasteiger partial charge < -0.3 is 9.80 Å². The number of nitrogens with one attached hydrogen (secondary N) is 1. The number of piperidine rings is 1. The van der Waals surface area contributed by atoms with Crippen molar-refractivity contribution in [3.05, 3.63) is 58.8 Å². The standard InChI is InChI=1S/C24H34N2/c1-19-7-3-6-10-24(19)26(16-13-20-11-14-25(2)15-12-20)23-17-21-8-4-5-9-22(21)18-23/h4-5,7-10,20,23H,3,6,11-18H2,1-2H3/p+1. The third kappa shape index (κ3) is 3.91. The first-order chi connectivity index (χ1) is 12.7. The Labute approximate surface area is 159 Å². The summed E-state index contributed by atoms with van der Waals surface area (Å²) in [6.45, 7) is 6.28. The third-order valence-electron chi connectivity index (χ3n) is 6.88. The molecule has 0 bridgehead atoms. The fourth-order valence-electron chi connectivity index (χ4n) is 5.17. The van der Waals surface area contributed by atoms with Crippen LogP contribution in [0.4, 0.5) is 0 Å². The van der Waals surface area contributed by atoms with E-state index in [1.807, 2.05) is 0 Å². The van der Waals surface area contributed by atoms with E-state index in [0.29, 0.717) is 6.04 Å². The summed E-state index contributed by atoms with van der Waals surface area (Å²) in [4.78, 5) is 4.51. The Balaban J connectivity index is 1.47. The summed E-state index contributed by atoms with van der Waals surface area (Å²) in [5.41, 5.74) is 6.18. The molecular weight excluding hydrogens is 316 g/mol. The smallest absolute Gasteiger partial charge is 0.0771 e. The number of quaternary nitrogens is 1. The van der Waals surface area contributed by atoms with Gasteiger partial charge in [0.2, 0.25) is 0 Å². The molecule has 0 saturated carbocycles. The van der Waals surface area contributed by atoms with Gasteiger partial charge in [-0.05, 0) is 74.5 Å². The molecular formula is C24H35N2+. The summed E-state index contributed by atoms with van der Waals surface area (Å²) >= 11 is 0. The number of likely N-dealkylation sites (tertiary alicyclic amines) is 1. The van der Waals surface area contributed by atoms with Gasteiger partial charge in [-0.3, -0.25) is 0 Å². The minimum Gasteiger partial charge on any atom is -0.368 e. The zero-order chi connectivity index (χ0) is 17.9. The zero-order valence-electron chi connectivity index (χ0n) is 16.6. The van der Waals surface area contributed by atoms with E-state index >= 15 is 0 Å². The molecule has 4 rings (SSSR count). The number of benzene rings is 1. The van der Waals surface area contributed by atoms with Gasteiger partial charge in [0, 0.05) is 18.3 Å². The molecule has 1 N–H and O–H groups in total. The highest BCUT2D eigenvalue weighted by atomic mass is 15.2. The van der Waals surface area contributed by atoms with Crippen molar-refractivity contribution in [2.75, 3.05) is 26.7 Å². The molecule has 2 aliphatic carbocycles. The zero-order valence-corrected chi connectivity index (χ0v) is 16.6. The maximum Gasteiger partial charge on any atom is 0.0771 e. The summed E-state index contributed by atoms with van der Waals surface area (Å²) in [5.74, 6) is 0.929. The minimum absolute atomic E-state index is 0.650. The minimum atomic E-state index is 0.650. The molecule has 1 aromatic carbocycles. The van der Waals surface area contributed by atoms with Crippen LogP contribution in [0.1, 0.15) is 50.2 Å². The van der Waals surface area contributed by atoms with Gasteiger partial charge in [0.15, 0.2) is 0 Å². The van der Waals surface area contributed by atoms with Gasteiger partial charge in [-0.25, -0.2) is 0 Å². The predicted molar refractivity (Wildman–Crippen MR) is 109 cm³/mol. The number of fused-ring (bicyclic) bond motifs is 1. The Kier molecular flexibility index (Phi) is 5.49. The normalized spacial score (nSPS) is 26.2. The van der Waals surface area contributed by atoms with E-state index in [1.165, 1.54) is 75.9 Å². The van der Waals surface area contributed by atoms with E-state index in [2.05, 4.69) is 55.3 Å². The Morgan fingerprint density at radius 3 is 2.31 bits per heavy atom. The van der Waals surface area contributed by atoms with Gasteiger partial charge in [-0.1, -0.05) is 36.4 Å². The lowest BCUT2D eigenvalue weighted by Gasteiger charge is -2.37. The van der Waals surface area contributed by atoms with Crippen molar-refractivity contribution in [1.82, 2.24) is 4.90 Å². The lowest BCUT2D eigenvalue weighted by Crippen LogP contribution is -3.10. The number of hydrogen-bond acceptors (Lipinski definition) is 1. The van der Waals surface area contributed by atoms with Crippen LogP contribution in [0.25, 0.3) is 0 Å². The molecule has 1 aliphatic heterocycles. The molecule has 0 radical (unpaired) electrons. The largest absolute Gasteiger partial charge is 0.368 e. The van der Waals surface area contributed by atoms with Crippen molar-refractivity contribution < 1.29 is 4.90 Å². The average Bonchev–Trinajstić information content (AvgIpc) is 3.08. The van der Waals surface area contributed by atoms with Crippen molar-refractivity contribution in [1.29, 1.82) is 0 Å². The predicted octanol–water partition coefficient (Wildman–Crippen LogP) is 3.39. The van der Waals surface area contributed by atoms with Crippen molar-refractivity contribution in [2.24, 2.45) is 5.92 Å². The Hall–Kier alpha value is -1.54. The number of allylic oxidation sites excluding steroid dienone is 3. The Morgan fingerprint density at radius 1 is 1.00 bits per heavy atom. The van der Waals surface area contributed by atoms with Crippen LogP contribution in [0.15, 0.2) is 47.7 Å². The lowest BCUT2D eigenvalue weighted by atomic mass is 9.92. The van der Waals surface area contributed by atoms with Crippen LogP contribution in [-0.2, 0) is 12.8 Å². The lowest BCUT2D eigenvalue weighted by molar-refractivity contribution is -0.886. The summed E-state index contributed by atoms with van der Waals surface area (Å²) < 4.78 is 0. The van der Waals surface area contributed by atoms with Gasteiger partial charge in [-0.2, -0.15) is 0 Å². The van der Waals surface area contributed by atoms with Gasteiger partial charge in [-0.15, -0.1) is 0 Å². The van der Waals surface area contributed by atoms with E-state index in [0.717, 1.165) is 5.92 Å². The van der Waals surface area contributed by atoms with Crippen LogP contribution >= 0.6 is 0 Å². The SMILES string of the molecule is CC1=CCCC=C1N(CCC1CC[NH+](C)CC1)C1Cc2ccccc2C1. The monoisotopic (exact) mass is 351 g/mol. The molecule has 2 nitrogen and oxygen atoms in total. The molecule has 3 aliphatic rings. The van der Waals surface area contributed by atoms with Crippen LogP contribution in [0, 0.1) is 5.92 Å². The summed E-state index contributed by atoms with van der Waals surface area (Å²) in [6.07, 6.45) is 14.0. The molecule has 0 aromatic heterocycles.